The lowest BCUT2D eigenvalue weighted by Crippen LogP contribution is -2.47. The Balaban J connectivity index is 1.47. The van der Waals surface area contributed by atoms with Crippen LogP contribution < -0.4 is 0 Å². The zero-order valence-electron chi connectivity index (χ0n) is 15.2. The fourth-order valence-corrected chi connectivity index (χ4v) is 5.65. The molecule has 26 heavy (non-hydrogen) atoms. The summed E-state index contributed by atoms with van der Waals surface area (Å²) in [6.45, 7) is 4.31. The number of aryl methyl sites for hydroxylation is 1. The van der Waals surface area contributed by atoms with Crippen LogP contribution in [0.4, 0.5) is 0 Å². The van der Waals surface area contributed by atoms with E-state index in [0.29, 0.717) is 26.2 Å². The van der Waals surface area contributed by atoms with Gasteiger partial charge in [0, 0.05) is 32.1 Å². The zero-order chi connectivity index (χ0) is 18.1. The van der Waals surface area contributed by atoms with Crippen LogP contribution in [0.25, 0.3) is 5.65 Å². The Morgan fingerprint density at radius 1 is 0.923 bits per heavy atom. The van der Waals surface area contributed by atoms with Gasteiger partial charge in [-0.2, -0.15) is 26.6 Å². The zero-order valence-corrected chi connectivity index (χ0v) is 16.0. The van der Waals surface area contributed by atoms with Crippen molar-refractivity contribution in [2.75, 3.05) is 26.2 Å². The molecule has 4 rings (SSSR count). The van der Waals surface area contributed by atoms with Crippen molar-refractivity contribution >= 4 is 15.9 Å². The first kappa shape index (κ1) is 17.8. The topological polar surface area (TPSA) is 83.7 Å². The van der Waals surface area contributed by atoms with Crippen molar-refractivity contribution in [1.82, 2.24) is 28.4 Å². The Labute approximate surface area is 154 Å². The second-order valence-corrected chi connectivity index (χ2v) is 9.23. The van der Waals surface area contributed by atoms with E-state index in [1.165, 1.54) is 0 Å². The third-order valence-corrected chi connectivity index (χ3v) is 7.49. The molecule has 2 aromatic heterocycles. The fourth-order valence-electron chi connectivity index (χ4n) is 3.93. The molecule has 2 fully saturated rings. The molecular weight excluding hydrogens is 352 g/mol. The number of rotatable bonds is 3. The van der Waals surface area contributed by atoms with Crippen molar-refractivity contribution in [3.63, 3.8) is 0 Å². The third-order valence-electron chi connectivity index (χ3n) is 5.46. The van der Waals surface area contributed by atoms with E-state index in [1.807, 2.05) is 19.1 Å². The summed E-state index contributed by atoms with van der Waals surface area (Å²) in [6, 6.07) is 3.84. The van der Waals surface area contributed by atoms with Crippen molar-refractivity contribution in [2.45, 2.75) is 51.4 Å². The van der Waals surface area contributed by atoms with Gasteiger partial charge in [0.2, 0.25) is 0 Å². The predicted octanol–water partition coefficient (Wildman–Crippen LogP) is 1.73. The van der Waals surface area contributed by atoms with Crippen molar-refractivity contribution in [3.05, 3.63) is 23.7 Å². The Kier molecular flexibility index (Phi) is 4.94. The minimum atomic E-state index is -3.34. The maximum Gasteiger partial charge on any atom is 0.281 e. The Morgan fingerprint density at radius 2 is 1.58 bits per heavy atom. The molecule has 0 unspecified atom stereocenters. The summed E-state index contributed by atoms with van der Waals surface area (Å²) >= 11 is 0. The van der Waals surface area contributed by atoms with Crippen LogP contribution in [0.2, 0.25) is 0 Å². The summed E-state index contributed by atoms with van der Waals surface area (Å²) in [4.78, 5) is 0. The molecular formula is C17H26N6O2S. The molecule has 0 spiro atoms. The van der Waals surface area contributed by atoms with Gasteiger partial charge in [-0.25, -0.2) is 0 Å². The minimum Gasteiger partial charge on any atom is -0.197 e. The van der Waals surface area contributed by atoms with E-state index in [4.69, 9.17) is 0 Å². The number of nitrogens with zero attached hydrogens (tertiary/aromatic N) is 6. The molecule has 0 amide bonds. The van der Waals surface area contributed by atoms with Gasteiger partial charge in [0.05, 0.1) is 5.69 Å². The van der Waals surface area contributed by atoms with Crippen LogP contribution in [0.3, 0.4) is 0 Å². The Hall–Kier alpha value is -1.58. The van der Waals surface area contributed by atoms with Crippen LogP contribution in [0, 0.1) is 6.92 Å². The third kappa shape index (κ3) is 3.35. The van der Waals surface area contributed by atoms with E-state index in [2.05, 4.69) is 15.3 Å². The second-order valence-electron chi connectivity index (χ2n) is 7.30. The van der Waals surface area contributed by atoms with Gasteiger partial charge in [-0.1, -0.05) is 12.8 Å². The first-order chi connectivity index (χ1) is 12.6. The highest BCUT2D eigenvalue weighted by molar-refractivity contribution is 7.86. The van der Waals surface area contributed by atoms with Gasteiger partial charge in [-0.15, -0.1) is 10.2 Å². The Morgan fingerprint density at radius 3 is 2.27 bits per heavy atom. The van der Waals surface area contributed by atoms with Gasteiger partial charge in [-0.3, -0.25) is 0 Å². The molecule has 0 radical (unpaired) electrons. The van der Waals surface area contributed by atoms with Crippen LogP contribution in [-0.2, 0) is 10.2 Å². The smallest absolute Gasteiger partial charge is 0.197 e. The van der Waals surface area contributed by atoms with E-state index in [-0.39, 0.29) is 5.92 Å². The number of fused-ring (bicyclic) bond motifs is 1. The van der Waals surface area contributed by atoms with E-state index < -0.39 is 10.2 Å². The highest BCUT2D eigenvalue weighted by atomic mass is 32.2. The van der Waals surface area contributed by atoms with Gasteiger partial charge < -0.3 is 0 Å². The summed E-state index contributed by atoms with van der Waals surface area (Å²) in [7, 11) is -3.34. The molecule has 8 nitrogen and oxygen atoms in total. The standard InChI is InChI=1S/C17H26N6O2S/c1-14-6-7-16-18-19-17(23(16)20-14)15-8-12-22(13-9-15)26(24,25)21-10-4-2-3-5-11-21/h6-7,15H,2-5,8-13H2,1H3. The lowest BCUT2D eigenvalue weighted by Gasteiger charge is -2.34. The first-order valence-corrected chi connectivity index (χ1v) is 10.9. The quantitative estimate of drug-likeness (QED) is 0.812. The number of piperidine rings is 1. The van der Waals surface area contributed by atoms with Crippen LogP contribution in [0.15, 0.2) is 12.1 Å². The van der Waals surface area contributed by atoms with Crippen molar-refractivity contribution in [3.8, 4) is 0 Å². The second kappa shape index (κ2) is 7.21. The van der Waals surface area contributed by atoms with E-state index >= 15 is 0 Å². The maximum absolute atomic E-state index is 12.9. The molecule has 0 aliphatic carbocycles. The van der Waals surface area contributed by atoms with Crippen molar-refractivity contribution < 1.29 is 8.42 Å². The van der Waals surface area contributed by atoms with Gasteiger partial charge in [-0.05, 0) is 44.7 Å². The first-order valence-electron chi connectivity index (χ1n) is 9.50. The van der Waals surface area contributed by atoms with Gasteiger partial charge in [0.25, 0.3) is 10.2 Å². The monoisotopic (exact) mass is 378 g/mol. The van der Waals surface area contributed by atoms with Crippen LogP contribution in [0.1, 0.15) is 56.0 Å². The normalized spacial score (nSPS) is 21.9. The van der Waals surface area contributed by atoms with Crippen LogP contribution in [-0.4, -0.2) is 63.0 Å². The lowest BCUT2D eigenvalue weighted by molar-refractivity contribution is 0.282. The maximum atomic E-state index is 12.9. The molecule has 0 saturated carbocycles. The van der Waals surface area contributed by atoms with E-state index in [0.717, 1.165) is 55.7 Å². The van der Waals surface area contributed by atoms with Gasteiger partial charge in [0.1, 0.15) is 0 Å². The number of hydrogen-bond acceptors (Lipinski definition) is 5. The summed E-state index contributed by atoms with van der Waals surface area (Å²) in [5, 5.41) is 13.0. The fraction of sp³-hybridized carbons (Fsp3) is 0.706. The van der Waals surface area contributed by atoms with E-state index in [9.17, 15) is 8.42 Å². The molecule has 0 bridgehead atoms. The molecule has 4 heterocycles. The molecule has 9 heteroatoms. The molecule has 0 aromatic carbocycles. The van der Waals surface area contributed by atoms with Crippen molar-refractivity contribution in [2.24, 2.45) is 0 Å². The van der Waals surface area contributed by atoms with Crippen molar-refractivity contribution in [1.29, 1.82) is 0 Å². The molecule has 142 valence electrons. The van der Waals surface area contributed by atoms with Crippen LogP contribution in [0.5, 0.6) is 0 Å². The average molecular weight is 379 g/mol. The SMILES string of the molecule is Cc1ccc2nnc(C3CCN(S(=O)(=O)N4CCCCCC4)CC3)n2n1. The number of aromatic nitrogens is 4. The molecule has 2 saturated heterocycles. The summed E-state index contributed by atoms with van der Waals surface area (Å²) in [5.74, 6) is 1.03. The molecule has 0 N–H and O–H groups in total. The molecule has 2 aliphatic heterocycles. The largest absolute Gasteiger partial charge is 0.281 e. The molecule has 0 atom stereocenters. The lowest BCUT2D eigenvalue weighted by atomic mass is 9.97. The summed E-state index contributed by atoms with van der Waals surface area (Å²) in [6.07, 6.45) is 5.69. The van der Waals surface area contributed by atoms with Gasteiger partial charge >= 0.3 is 0 Å². The highest BCUT2D eigenvalue weighted by Gasteiger charge is 2.34. The highest BCUT2D eigenvalue weighted by Crippen LogP contribution is 2.29. The molecule has 2 aromatic rings. The summed E-state index contributed by atoms with van der Waals surface area (Å²) in [5.41, 5.74) is 1.66. The van der Waals surface area contributed by atoms with Crippen LogP contribution >= 0.6 is 0 Å². The predicted molar refractivity (Wildman–Crippen MR) is 98.0 cm³/mol. The minimum absolute atomic E-state index is 0.190. The summed E-state index contributed by atoms with van der Waals surface area (Å²) < 4.78 is 31.0. The van der Waals surface area contributed by atoms with E-state index in [1.54, 1.807) is 13.1 Å². The number of hydrogen-bond donors (Lipinski definition) is 0. The molecule has 2 aliphatic rings. The Bertz CT molecular complexity index is 865. The average Bonchev–Trinajstić information content (AvgIpc) is 2.86. The van der Waals surface area contributed by atoms with Gasteiger partial charge in [0.15, 0.2) is 11.5 Å².